The van der Waals surface area contributed by atoms with Gasteiger partial charge in [-0.2, -0.15) is 0 Å². The van der Waals surface area contributed by atoms with Gasteiger partial charge in [-0.25, -0.2) is 0 Å². The summed E-state index contributed by atoms with van der Waals surface area (Å²) in [5.41, 5.74) is 0. The number of rotatable bonds is 26. The van der Waals surface area contributed by atoms with Gasteiger partial charge < -0.3 is 10.2 Å². The van der Waals surface area contributed by atoms with Crippen LogP contribution >= 0.6 is 0 Å². The summed E-state index contributed by atoms with van der Waals surface area (Å²) in [6.07, 6.45) is 28.3. The molecule has 0 aromatic carbocycles. The van der Waals surface area contributed by atoms with Gasteiger partial charge in [0.05, 0.1) is 0 Å². The molecule has 0 aliphatic carbocycles. The van der Waals surface area contributed by atoms with E-state index in [9.17, 15) is 4.79 Å². The van der Waals surface area contributed by atoms with Crippen molar-refractivity contribution >= 4 is 5.91 Å². The molecule has 0 unspecified atom stereocenters. The molecule has 0 rings (SSSR count). The molecule has 0 atom stereocenters. The highest BCUT2D eigenvalue weighted by atomic mass is 16.2. The zero-order valence-corrected chi connectivity index (χ0v) is 22.5. The Morgan fingerprint density at radius 3 is 1.34 bits per heavy atom. The van der Waals surface area contributed by atoms with Crippen molar-refractivity contribution in [2.75, 3.05) is 26.7 Å². The highest BCUT2D eigenvalue weighted by Crippen LogP contribution is 2.13. The first-order valence-corrected chi connectivity index (χ1v) is 14.7. The van der Waals surface area contributed by atoms with Crippen molar-refractivity contribution in [2.45, 2.75) is 155 Å². The number of nitrogens with one attached hydrogen (secondary N) is 1. The zero-order chi connectivity index (χ0) is 23.5. The highest BCUT2D eigenvalue weighted by molar-refractivity contribution is 5.76. The Labute approximate surface area is 202 Å². The van der Waals surface area contributed by atoms with Gasteiger partial charge in [0.15, 0.2) is 0 Å². The molecule has 0 bridgehead atoms. The Morgan fingerprint density at radius 1 is 0.531 bits per heavy atom. The van der Waals surface area contributed by atoms with E-state index in [1.807, 2.05) is 7.05 Å². The quantitative estimate of drug-likeness (QED) is 0.133. The number of amides is 1. The van der Waals surface area contributed by atoms with Crippen molar-refractivity contribution < 1.29 is 4.79 Å². The van der Waals surface area contributed by atoms with Gasteiger partial charge in [-0.3, -0.25) is 4.79 Å². The molecule has 0 aliphatic heterocycles. The van der Waals surface area contributed by atoms with Gasteiger partial charge in [-0.1, -0.05) is 123 Å². The predicted molar refractivity (Wildman–Crippen MR) is 143 cm³/mol. The van der Waals surface area contributed by atoms with Crippen LogP contribution in [0.25, 0.3) is 0 Å². The smallest absolute Gasteiger partial charge is 0.222 e. The summed E-state index contributed by atoms with van der Waals surface area (Å²) in [6.45, 7) is 7.66. The lowest BCUT2D eigenvalue weighted by Crippen LogP contribution is -2.32. The average molecular weight is 453 g/mol. The molecule has 0 aliphatic rings. The Morgan fingerprint density at radius 2 is 0.906 bits per heavy atom. The van der Waals surface area contributed by atoms with Gasteiger partial charge in [-0.05, 0) is 39.3 Å². The fraction of sp³-hybridized carbons (Fsp3) is 0.966. The lowest BCUT2D eigenvalue weighted by atomic mass is 10.1. The monoisotopic (exact) mass is 452 g/mol. The molecule has 0 spiro atoms. The van der Waals surface area contributed by atoms with E-state index in [0.717, 1.165) is 32.5 Å². The maximum Gasteiger partial charge on any atom is 0.222 e. The van der Waals surface area contributed by atoms with Crippen LogP contribution in [-0.4, -0.2) is 37.5 Å². The molecule has 0 aromatic heterocycles. The Balaban J connectivity index is 4.04. The van der Waals surface area contributed by atoms with Crippen molar-refractivity contribution in [3.05, 3.63) is 0 Å². The maximum atomic E-state index is 12.9. The van der Waals surface area contributed by atoms with Crippen LogP contribution in [0.5, 0.6) is 0 Å². The minimum atomic E-state index is 0.422. The normalized spacial score (nSPS) is 11.2. The Bertz CT molecular complexity index is 352. The number of nitrogens with zero attached hydrogens (tertiary/aromatic N) is 1. The molecule has 32 heavy (non-hydrogen) atoms. The van der Waals surface area contributed by atoms with E-state index >= 15 is 0 Å². The summed E-state index contributed by atoms with van der Waals surface area (Å²) in [6, 6.07) is 0. The summed E-state index contributed by atoms with van der Waals surface area (Å²) in [5.74, 6) is 0.422. The fourth-order valence-corrected chi connectivity index (χ4v) is 4.50. The van der Waals surface area contributed by atoms with E-state index in [-0.39, 0.29) is 0 Å². The standard InChI is InChI=1S/C29H60N2O/c1-4-6-8-10-12-14-19-23-27-31(28-24-20-15-13-11-9-7-5-2)29(32)25-21-17-16-18-22-26-30-3/h30H,4-28H2,1-3H3. The molecule has 1 N–H and O–H groups in total. The molecule has 192 valence electrons. The molecule has 0 saturated carbocycles. The first-order valence-electron chi connectivity index (χ1n) is 14.7. The molecule has 0 aromatic rings. The van der Waals surface area contributed by atoms with Crippen molar-refractivity contribution in [2.24, 2.45) is 0 Å². The maximum absolute atomic E-state index is 12.9. The second-order valence-corrected chi connectivity index (χ2v) is 9.95. The Hall–Kier alpha value is -0.570. The lowest BCUT2D eigenvalue weighted by molar-refractivity contribution is -0.131. The van der Waals surface area contributed by atoms with Crippen molar-refractivity contribution in [3.8, 4) is 0 Å². The number of hydrogen-bond acceptors (Lipinski definition) is 2. The summed E-state index contributed by atoms with van der Waals surface area (Å²) < 4.78 is 0. The van der Waals surface area contributed by atoms with Gasteiger partial charge in [0.1, 0.15) is 0 Å². The third kappa shape index (κ3) is 22.6. The van der Waals surface area contributed by atoms with Crippen LogP contribution in [-0.2, 0) is 4.79 Å². The van der Waals surface area contributed by atoms with Gasteiger partial charge in [0.25, 0.3) is 0 Å². The van der Waals surface area contributed by atoms with Crippen LogP contribution in [0.15, 0.2) is 0 Å². The molecule has 3 heteroatoms. The Kier molecular flexibility index (Phi) is 26.2. The predicted octanol–water partition coefficient (Wildman–Crippen LogP) is 8.66. The lowest BCUT2D eigenvalue weighted by Gasteiger charge is -2.23. The van der Waals surface area contributed by atoms with Gasteiger partial charge in [0.2, 0.25) is 5.91 Å². The van der Waals surface area contributed by atoms with Crippen LogP contribution < -0.4 is 5.32 Å². The van der Waals surface area contributed by atoms with Crippen LogP contribution in [0, 0.1) is 0 Å². The molecule has 1 amide bonds. The third-order valence-corrected chi connectivity index (χ3v) is 6.73. The van der Waals surface area contributed by atoms with Crippen LogP contribution in [0.3, 0.4) is 0 Å². The third-order valence-electron chi connectivity index (χ3n) is 6.73. The van der Waals surface area contributed by atoms with Gasteiger partial charge >= 0.3 is 0 Å². The zero-order valence-electron chi connectivity index (χ0n) is 22.5. The highest BCUT2D eigenvalue weighted by Gasteiger charge is 2.12. The fourth-order valence-electron chi connectivity index (χ4n) is 4.50. The van der Waals surface area contributed by atoms with Crippen molar-refractivity contribution in [1.82, 2.24) is 10.2 Å². The van der Waals surface area contributed by atoms with E-state index in [4.69, 9.17) is 0 Å². The van der Waals surface area contributed by atoms with Crippen molar-refractivity contribution in [1.29, 1.82) is 0 Å². The number of hydrogen-bond donors (Lipinski definition) is 1. The average Bonchev–Trinajstić information content (AvgIpc) is 2.80. The molecule has 0 radical (unpaired) electrons. The van der Waals surface area contributed by atoms with Crippen LogP contribution in [0.1, 0.15) is 155 Å². The summed E-state index contributed by atoms with van der Waals surface area (Å²) >= 11 is 0. The number of carbonyl (C=O) groups is 1. The minimum Gasteiger partial charge on any atom is -0.343 e. The van der Waals surface area contributed by atoms with Crippen LogP contribution in [0.2, 0.25) is 0 Å². The first-order chi connectivity index (χ1) is 15.8. The van der Waals surface area contributed by atoms with E-state index in [1.165, 1.54) is 128 Å². The summed E-state index contributed by atoms with van der Waals surface area (Å²) in [4.78, 5) is 15.1. The van der Waals surface area contributed by atoms with Gasteiger partial charge in [0, 0.05) is 19.5 Å². The number of carbonyl (C=O) groups excluding carboxylic acids is 1. The van der Waals surface area contributed by atoms with E-state index in [1.54, 1.807) is 0 Å². The molecule has 0 fully saturated rings. The van der Waals surface area contributed by atoms with Gasteiger partial charge in [-0.15, -0.1) is 0 Å². The molecular formula is C29H60N2O. The first kappa shape index (κ1) is 31.4. The van der Waals surface area contributed by atoms with E-state index in [2.05, 4.69) is 24.1 Å². The van der Waals surface area contributed by atoms with E-state index in [0.29, 0.717) is 5.91 Å². The largest absolute Gasteiger partial charge is 0.343 e. The second kappa shape index (κ2) is 26.7. The topological polar surface area (TPSA) is 32.3 Å². The summed E-state index contributed by atoms with van der Waals surface area (Å²) in [5, 5.41) is 3.21. The van der Waals surface area contributed by atoms with Crippen LogP contribution in [0.4, 0.5) is 0 Å². The van der Waals surface area contributed by atoms with Crippen molar-refractivity contribution in [3.63, 3.8) is 0 Å². The summed E-state index contributed by atoms with van der Waals surface area (Å²) in [7, 11) is 2.02. The molecule has 0 saturated heterocycles. The minimum absolute atomic E-state index is 0.422. The second-order valence-electron chi connectivity index (χ2n) is 9.95. The SMILES string of the molecule is CCCCCCCCCCN(CCCCCCCCCC)C(=O)CCCCCCCNC. The van der Waals surface area contributed by atoms with E-state index < -0.39 is 0 Å². The molecular weight excluding hydrogens is 392 g/mol. The molecule has 0 heterocycles. The molecule has 3 nitrogen and oxygen atoms in total. The number of unbranched alkanes of at least 4 members (excludes halogenated alkanes) is 18.